The molecule has 0 bridgehead atoms. The number of hydrogen-bond acceptors (Lipinski definition) is 1. The molecule has 2 N–H and O–H groups in total. The number of quaternary nitrogens is 1. The SMILES string of the molecule is C[NH2+]CC(C)OC. The van der Waals surface area contributed by atoms with Gasteiger partial charge in [-0.3, -0.25) is 0 Å². The van der Waals surface area contributed by atoms with Gasteiger partial charge in [-0.05, 0) is 6.92 Å². The van der Waals surface area contributed by atoms with E-state index in [2.05, 4.69) is 12.2 Å². The van der Waals surface area contributed by atoms with Crippen molar-refractivity contribution in [1.82, 2.24) is 0 Å². The van der Waals surface area contributed by atoms with Crippen molar-refractivity contribution in [2.24, 2.45) is 0 Å². The van der Waals surface area contributed by atoms with Gasteiger partial charge in [0.25, 0.3) is 0 Å². The first kappa shape index (κ1) is 6.92. The standard InChI is InChI=1S/C5H13NO/c1-5(7-3)4-6-2/h5-6H,4H2,1-3H3/p+1. The average Bonchev–Trinajstić information content (AvgIpc) is 1.68. The lowest BCUT2D eigenvalue weighted by Gasteiger charge is -2.03. The first-order chi connectivity index (χ1) is 3.31. The van der Waals surface area contributed by atoms with Gasteiger partial charge in [-0.15, -0.1) is 0 Å². The summed E-state index contributed by atoms with van der Waals surface area (Å²) in [5.74, 6) is 0. The largest absolute Gasteiger partial charge is 0.376 e. The van der Waals surface area contributed by atoms with Gasteiger partial charge in [0.1, 0.15) is 12.6 Å². The van der Waals surface area contributed by atoms with Crippen molar-refractivity contribution in [3.63, 3.8) is 0 Å². The summed E-state index contributed by atoms with van der Waals surface area (Å²) in [6.45, 7) is 3.11. The van der Waals surface area contributed by atoms with Crippen LogP contribution in [-0.2, 0) is 4.74 Å². The monoisotopic (exact) mass is 104 g/mol. The molecule has 0 aliphatic heterocycles. The zero-order valence-electron chi connectivity index (χ0n) is 5.27. The molecule has 2 nitrogen and oxygen atoms in total. The van der Waals surface area contributed by atoms with Crippen LogP contribution in [0.2, 0.25) is 0 Å². The second kappa shape index (κ2) is 4.09. The van der Waals surface area contributed by atoms with Crippen molar-refractivity contribution in [2.75, 3.05) is 20.7 Å². The van der Waals surface area contributed by atoms with Gasteiger partial charge < -0.3 is 10.1 Å². The van der Waals surface area contributed by atoms with Gasteiger partial charge in [0.05, 0.1) is 7.05 Å². The minimum absolute atomic E-state index is 0.394. The maximum Gasteiger partial charge on any atom is 0.103 e. The molecule has 0 aromatic rings. The third-order valence-corrected chi connectivity index (χ3v) is 0.970. The molecular formula is C5H14NO+. The van der Waals surface area contributed by atoms with Crippen LogP contribution in [0.4, 0.5) is 0 Å². The molecule has 0 aliphatic rings. The van der Waals surface area contributed by atoms with E-state index in [4.69, 9.17) is 4.74 Å². The van der Waals surface area contributed by atoms with Crippen LogP contribution < -0.4 is 5.32 Å². The van der Waals surface area contributed by atoms with E-state index < -0.39 is 0 Å². The summed E-state index contributed by atoms with van der Waals surface area (Å²) in [4.78, 5) is 0. The van der Waals surface area contributed by atoms with Crippen LogP contribution >= 0.6 is 0 Å². The Balaban J connectivity index is 2.83. The number of ether oxygens (including phenoxy) is 1. The first-order valence-electron chi connectivity index (χ1n) is 2.62. The number of nitrogens with two attached hydrogens (primary N) is 1. The van der Waals surface area contributed by atoms with Gasteiger partial charge >= 0.3 is 0 Å². The van der Waals surface area contributed by atoms with Gasteiger partial charge in [-0.25, -0.2) is 0 Å². The molecule has 0 spiro atoms. The Labute approximate surface area is 44.9 Å². The smallest absolute Gasteiger partial charge is 0.103 e. The Kier molecular flexibility index (Phi) is 4.04. The van der Waals surface area contributed by atoms with E-state index in [1.54, 1.807) is 7.11 Å². The second-order valence-corrected chi connectivity index (χ2v) is 1.69. The van der Waals surface area contributed by atoms with E-state index in [9.17, 15) is 0 Å². The van der Waals surface area contributed by atoms with Gasteiger partial charge in [0.2, 0.25) is 0 Å². The molecule has 0 fully saturated rings. The molecule has 0 aliphatic carbocycles. The van der Waals surface area contributed by atoms with Crippen LogP contribution in [0, 0.1) is 0 Å². The van der Waals surface area contributed by atoms with Crippen molar-refractivity contribution in [3.05, 3.63) is 0 Å². The fourth-order valence-corrected chi connectivity index (χ4v) is 0.428. The minimum atomic E-state index is 0.394. The quantitative estimate of drug-likeness (QED) is 0.499. The van der Waals surface area contributed by atoms with Crippen LogP contribution in [-0.4, -0.2) is 26.8 Å². The van der Waals surface area contributed by atoms with Gasteiger partial charge in [0, 0.05) is 7.11 Å². The Morgan fingerprint density at radius 2 is 2.29 bits per heavy atom. The van der Waals surface area contributed by atoms with Crippen LogP contribution in [0.1, 0.15) is 6.92 Å². The molecule has 7 heavy (non-hydrogen) atoms. The van der Waals surface area contributed by atoms with Crippen LogP contribution in [0.15, 0.2) is 0 Å². The summed E-state index contributed by atoms with van der Waals surface area (Å²) in [5.41, 5.74) is 0. The third-order valence-electron chi connectivity index (χ3n) is 0.970. The Bertz CT molecular complexity index is 39.1. The van der Waals surface area contributed by atoms with E-state index in [1.807, 2.05) is 7.05 Å². The van der Waals surface area contributed by atoms with Crippen LogP contribution in [0.5, 0.6) is 0 Å². The molecule has 44 valence electrons. The third kappa shape index (κ3) is 3.76. The average molecular weight is 104 g/mol. The summed E-state index contributed by atoms with van der Waals surface area (Å²) in [6, 6.07) is 0. The summed E-state index contributed by atoms with van der Waals surface area (Å²) in [7, 11) is 3.77. The first-order valence-corrected chi connectivity index (χ1v) is 2.62. The van der Waals surface area contributed by atoms with Gasteiger partial charge in [-0.1, -0.05) is 0 Å². The molecule has 0 aromatic heterocycles. The van der Waals surface area contributed by atoms with Crippen molar-refractivity contribution >= 4 is 0 Å². The van der Waals surface area contributed by atoms with Crippen molar-refractivity contribution in [3.8, 4) is 0 Å². The van der Waals surface area contributed by atoms with E-state index in [1.165, 1.54) is 0 Å². The van der Waals surface area contributed by atoms with E-state index in [0.29, 0.717) is 6.10 Å². The highest BCUT2D eigenvalue weighted by atomic mass is 16.5. The summed E-state index contributed by atoms with van der Waals surface area (Å²) in [6.07, 6.45) is 0.394. The summed E-state index contributed by atoms with van der Waals surface area (Å²) >= 11 is 0. The molecule has 0 amide bonds. The Morgan fingerprint density at radius 1 is 1.71 bits per heavy atom. The van der Waals surface area contributed by atoms with Crippen molar-refractivity contribution < 1.29 is 10.1 Å². The topological polar surface area (TPSA) is 25.8 Å². The zero-order chi connectivity index (χ0) is 5.70. The molecule has 0 heterocycles. The maximum atomic E-state index is 4.96. The molecule has 0 saturated heterocycles. The Morgan fingerprint density at radius 3 is 2.43 bits per heavy atom. The minimum Gasteiger partial charge on any atom is -0.376 e. The predicted molar refractivity (Wildman–Crippen MR) is 29.2 cm³/mol. The highest BCUT2D eigenvalue weighted by Crippen LogP contribution is 1.77. The lowest BCUT2D eigenvalue weighted by atomic mass is 10.4. The number of methoxy groups -OCH3 is 1. The molecule has 0 saturated carbocycles. The number of likely N-dealkylation sites (N-methyl/N-ethyl adjacent to an activating group) is 1. The normalized spacial score (nSPS) is 14.1. The summed E-state index contributed by atoms with van der Waals surface area (Å²) in [5, 5.41) is 2.11. The number of hydrogen-bond donors (Lipinski definition) is 1. The van der Waals surface area contributed by atoms with Crippen molar-refractivity contribution in [2.45, 2.75) is 13.0 Å². The molecule has 2 heteroatoms. The van der Waals surface area contributed by atoms with Crippen LogP contribution in [0.25, 0.3) is 0 Å². The van der Waals surface area contributed by atoms with Gasteiger partial charge in [0.15, 0.2) is 0 Å². The second-order valence-electron chi connectivity index (χ2n) is 1.69. The lowest BCUT2D eigenvalue weighted by molar-refractivity contribution is -0.633. The molecule has 1 unspecified atom stereocenters. The molecule has 0 radical (unpaired) electrons. The van der Waals surface area contributed by atoms with E-state index in [-0.39, 0.29) is 0 Å². The van der Waals surface area contributed by atoms with Crippen molar-refractivity contribution in [1.29, 1.82) is 0 Å². The highest BCUT2D eigenvalue weighted by Gasteiger charge is 1.95. The van der Waals surface area contributed by atoms with Crippen LogP contribution in [0.3, 0.4) is 0 Å². The zero-order valence-corrected chi connectivity index (χ0v) is 5.27. The molecule has 0 rings (SSSR count). The van der Waals surface area contributed by atoms with E-state index >= 15 is 0 Å². The fraction of sp³-hybridized carbons (Fsp3) is 1.00. The highest BCUT2D eigenvalue weighted by molar-refractivity contribution is 4.38. The molecular weight excluding hydrogens is 90.1 g/mol. The van der Waals surface area contributed by atoms with Gasteiger partial charge in [-0.2, -0.15) is 0 Å². The predicted octanol–water partition coefficient (Wildman–Crippen LogP) is -0.785. The molecule has 1 atom stereocenters. The number of rotatable bonds is 3. The lowest BCUT2D eigenvalue weighted by Crippen LogP contribution is -2.82. The fourth-order valence-electron chi connectivity index (χ4n) is 0.428. The van der Waals surface area contributed by atoms with E-state index in [0.717, 1.165) is 6.54 Å². The molecule has 0 aromatic carbocycles. The maximum absolute atomic E-state index is 4.96. The summed E-state index contributed by atoms with van der Waals surface area (Å²) < 4.78 is 4.96. The Hall–Kier alpha value is -0.0800.